The molecule has 0 unspecified atom stereocenters. The van der Waals surface area contributed by atoms with Crippen LogP contribution in [0.15, 0.2) is 46.9 Å². The zero-order valence-electron chi connectivity index (χ0n) is 11.2. The number of hydrogen-bond acceptors (Lipinski definition) is 5. The minimum Gasteiger partial charge on any atom is -0.545 e. The second kappa shape index (κ2) is 5.20. The third kappa shape index (κ3) is 2.67. The van der Waals surface area contributed by atoms with Crippen molar-refractivity contribution in [2.75, 3.05) is 0 Å². The van der Waals surface area contributed by atoms with E-state index in [1.165, 1.54) is 6.08 Å². The predicted molar refractivity (Wildman–Crippen MR) is 76.0 cm³/mol. The molecule has 0 radical (unpaired) electrons. The number of benzene rings is 1. The van der Waals surface area contributed by atoms with Crippen molar-refractivity contribution >= 4 is 23.1 Å². The van der Waals surface area contributed by atoms with E-state index < -0.39 is 5.97 Å². The Morgan fingerprint density at radius 3 is 2.71 bits per heavy atom. The molecule has 2 aromatic heterocycles. The van der Waals surface area contributed by atoms with E-state index in [2.05, 4.69) is 9.97 Å². The van der Waals surface area contributed by atoms with E-state index in [-0.39, 0.29) is 0 Å². The fourth-order valence-corrected chi connectivity index (χ4v) is 2.05. The Balaban J connectivity index is 2.21. The van der Waals surface area contributed by atoms with Gasteiger partial charge in [-0.05, 0) is 25.1 Å². The minimum absolute atomic E-state index is 0.430. The summed E-state index contributed by atoms with van der Waals surface area (Å²) in [5.41, 5.74) is 1.75. The summed E-state index contributed by atoms with van der Waals surface area (Å²) in [4.78, 5) is 19.4. The number of aryl methyl sites for hydroxylation is 1. The van der Waals surface area contributed by atoms with Gasteiger partial charge < -0.3 is 14.3 Å². The van der Waals surface area contributed by atoms with Crippen molar-refractivity contribution in [1.82, 2.24) is 9.97 Å². The molecule has 0 spiro atoms. The molecule has 0 N–H and O–H groups in total. The van der Waals surface area contributed by atoms with Crippen molar-refractivity contribution in [1.29, 1.82) is 0 Å². The number of furan rings is 1. The first kappa shape index (κ1) is 13.1. The van der Waals surface area contributed by atoms with Crippen molar-refractivity contribution in [2.45, 2.75) is 6.92 Å². The minimum atomic E-state index is -1.27. The summed E-state index contributed by atoms with van der Waals surface area (Å²) in [7, 11) is 0. The molecule has 2 heterocycles. The molecule has 5 heteroatoms. The van der Waals surface area contributed by atoms with Crippen LogP contribution in [-0.4, -0.2) is 15.9 Å². The maximum atomic E-state index is 10.6. The number of aliphatic carboxylic acids is 1. The topological polar surface area (TPSA) is 79.0 Å². The Morgan fingerprint density at radius 1 is 1.24 bits per heavy atom. The van der Waals surface area contributed by atoms with Gasteiger partial charge in [0.25, 0.3) is 0 Å². The van der Waals surface area contributed by atoms with Gasteiger partial charge in [0.2, 0.25) is 5.71 Å². The van der Waals surface area contributed by atoms with Gasteiger partial charge in [-0.2, -0.15) is 4.98 Å². The smallest absolute Gasteiger partial charge is 0.230 e. The second-order valence-electron chi connectivity index (χ2n) is 4.53. The zero-order valence-corrected chi connectivity index (χ0v) is 11.2. The predicted octanol–water partition coefficient (Wildman–Crippen LogP) is 1.96. The van der Waals surface area contributed by atoms with Crippen LogP contribution in [0.5, 0.6) is 0 Å². The van der Waals surface area contributed by atoms with Crippen LogP contribution in [0.4, 0.5) is 0 Å². The molecule has 0 aliphatic carbocycles. The van der Waals surface area contributed by atoms with Gasteiger partial charge in [0.15, 0.2) is 5.82 Å². The second-order valence-corrected chi connectivity index (χ2v) is 4.53. The number of rotatable bonds is 3. The monoisotopic (exact) mass is 279 g/mol. The Labute approximate surface area is 120 Å². The number of carbonyl (C=O) groups excluding carboxylic acids is 1. The summed E-state index contributed by atoms with van der Waals surface area (Å²) >= 11 is 0. The first-order chi connectivity index (χ1) is 10.1. The standard InChI is InChI=1S/C16H12N2O3/c1-10-9-12-13(7-8-14(19)20)17-15(18-16(12)21-10)11-5-3-2-4-6-11/h2-9H,1H3,(H,19,20)/p-1. The largest absolute Gasteiger partial charge is 0.545 e. The van der Waals surface area contributed by atoms with E-state index in [0.29, 0.717) is 28.4 Å². The Bertz CT molecular complexity index is 835. The average molecular weight is 279 g/mol. The Morgan fingerprint density at radius 2 is 2.00 bits per heavy atom. The van der Waals surface area contributed by atoms with Crippen molar-refractivity contribution in [2.24, 2.45) is 0 Å². The molecule has 0 saturated carbocycles. The fraction of sp³-hybridized carbons (Fsp3) is 0.0625. The molecule has 5 nitrogen and oxygen atoms in total. The van der Waals surface area contributed by atoms with Crippen molar-refractivity contribution in [3.63, 3.8) is 0 Å². The molecular formula is C16H11N2O3-. The highest BCUT2D eigenvalue weighted by atomic mass is 16.4. The lowest BCUT2D eigenvalue weighted by Gasteiger charge is -2.02. The lowest BCUT2D eigenvalue weighted by molar-refractivity contribution is -0.297. The van der Waals surface area contributed by atoms with Gasteiger partial charge in [0.1, 0.15) is 5.76 Å². The van der Waals surface area contributed by atoms with Gasteiger partial charge in [0.05, 0.1) is 17.0 Å². The van der Waals surface area contributed by atoms with Crippen LogP contribution in [0.2, 0.25) is 0 Å². The van der Waals surface area contributed by atoms with E-state index in [1.54, 1.807) is 13.0 Å². The van der Waals surface area contributed by atoms with Crippen LogP contribution in [0.1, 0.15) is 11.5 Å². The SMILES string of the molecule is Cc1cc2c(C=CC(=O)[O-])nc(-c3ccccc3)nc2o1. The van der Waals surface area contributed by atoms with Crippen LogP contribution in [0.3, 0.4) is 0 Å². The van der Waals surface area contributed by atoms with E-state index in [4.69, 9.17) is 4.42 Å². The molecule has 3 rings (SSSR count). The normalized spacial score (nSPS) is 11.3. The van der Waals surface area contributed by atoms with Crippen molar-refractivity contribution < 1.29 is 14.3 Å². The number of fused-ring (bicyclic) bond motifs is 1. The highest BCUT2D eigenvalue weighted by Crippen LogP contribution is 2.25. The average Bonchev–Trinajstić information content (AvgIpc) is 2.85. The summed E-state index contributed by atoms with van der Waals surface area (Å²) in [6.45, 7) is 1.80. The molecule has 0 aliphatic rings. The Hall–Kier alpha value is -2.95. The maximum absolute atomic E-state index is 10.6. The number of carboxylic acid groups (broad SMARTS) is 1. The van der Waals surface area contributed by atoms with E-state index in [0.717, 1.165) is 11.6 Å². The van der Waals surface area contributed by atoms with E-state index in [1.807, 2.05) is 30.3 Å². The molecule has 0 amide bonds. The summed E-state index contributed by atoms with van der Waals surface area (Å²) in [6, 6.07) is 11.2. The van der Waals surface area contributed by atoms with Crippen LogP contribution >= 0.6 is 0 Å². The first-order valence-electron chi connectivity index (χ1n) is 6.36. The lowest BCUT2D eigenvalue weighted by atomic mass is 10.2. The van der Waals surface area contributed by atoms with Crippen LogP contribution in [-0.2, 0) is 4.79 Å². The summed E-state index contributed by atoms with van der Waals surface area (Å²) in [5.74, 6) is -0.105. The fourth-order valence-electron chi connectivity index (χ4n) is 2.05. The molecule has 3 aromatic rings. The van der Waals surface area contributed by atoms with Gasteiger partial charge >= 0.3 is 0 Å². The molecular weight excluding hydrogens is 268 g/mol. The molecule has 0 bridgehead atoms. The van der Waals surface area contributed by atoms with Crippen LogP contribution < -0.4 is 5.11 Å². The van der Waals surface area contributed by atoms with Crippen molar-refractivity contribution in [3.8, 4) is 11.4 Å². The molecule has 0 aliphatic heterocycles. The summed E-state index contributed by atoms with van der Waals surface area (Å²) in [5, 5.41) is 11.3. The highest BCUT2D eigenvalue weighted by Gasteiger charge is 2.11. The number of aromatic nitrogens is 2. The molecule has 1 aromatic carbocycles. The molecule has 0 saturated heterocycles. The van der Waals surface area contributed by atoms with Crippen molar-refractivity contribution in [3.05, 3.63) is 53.9 Å². The highest BCUT2D eigenvalue weighted by molar-refractivity contribution is 5.90. The summed E-state index contributed by atoms with van der Waals surface area (Å²) < 4.78 is 5.53. The van der Waals surface area contributed by atoms with E-state index in [9.17, 15) is 9.90 Å². The van der Waals surface area contributed by atoms with Crippen LogP contribution in [0.25, 0.3) is 28.6 Å². The van der Waals surface area contributed by atoms with Gasteiger partial charge in [0, 0.05) is 5.56 Å². The van der Waals surface area contributed by atoms with Gasteiger partial charge in [-0.3, -0.25) is 0 Å². The van der Waals surface area contributed by atoms with Gasteiger partial charge in [-0.15, -0.1) is 0 Å². The number of carbonyl (C=O) groups is 1. The molecule has 0 atom stereocenters. The van der Waals surface area contributed by atoms with E-state index >= 15 is 0 Å². The lowest BCUT2D eigenvalue weighted by Crippen LogP contribution is -2.18. The van der Waals surface area contributed by atoms with Crippen LogP contribution in [0, 0.1) is 6.92 Å². The van der Waals surface area contributed by atoms with Gasteiger partial charge in [-0.1, -0.05) is 30.3 Å². The molecule has 0 fully saturated rings. The number of nitrogens with zero attached hydrogens (tertiary/aromatic N) is 2. The third-order valence-corrected chi connectivity index (χ3v) is 2.95. The maximum Gasteiger partial charge on any atom is 0.230 e. The quantitative estimate of drug-likeness (QED) is 0.685. The first-order valence-corrected chi connectivity index (χ1v) is 6.36. The molecule has 21 heavy (non-hydrogen) atoms. The van der Waals surface area contributed by atoms with Gasteiger partial charge in [-0.25, -0.2) is 4.98 Å². The number of carboxylic acids is 1. The summed E-state index contributed by atoms with van der Waals surface area (Å²) in [6.07, 6.45) is 2.33. The molecule has 104 valence electrons. The third-order valence-electron chi connectivity index (χ3n) is 2.95. The zero-order chi connectivity index (χ0) is 14.8. The number of hydrogen-bond donors (Lipinski definition) is 0. The Kier molecular flexibility index (Phi) is 3.23.